The normalized spacial score (nSPS) is 18.4. The Balaban J connectivity index is 0.00000144. The van der Waals surface area contributed by atoms with Crippen molar-refractivity contribution in [3.8, 4) is 0 Å². The number of anilines is 1. The standard InChI is InChI=1S/C15H18F3N3S.2ClH/c1-9(2)12-8-19-5-6-21(12)14-20-11-4-3-10(15(16,17)18)7-13(11)22-14;;/h3-4,7,9,12,19H,5-6,8H2,1-2H3;2*1H/t12-;;/m0../s1. The second kappa shape index (κ2) is 8.08. The van der Waals surface area contributed by atoms with Crippen molar-refractivity contribution in [2.45, 2.75) is 26.1 Å². The van der Waals surface area contributed by atoms with Crippen molar-refractivity contribution in [2.24, 2.45) is 5.92 Å². The first kappa shape index (κ1) is 21.3. The van der Waals surface area contributed by atoms with Crippen molar-refractivity contribution < 1.29 is 13.2 Å². The van der Waals surface area contributed by atoms with Crippen LogP contribution in [0.2, 0.25) is 0 Å². The quantitative estimate of drug-likeness (QED) is 0.797. The molecule has 0 aliphatic carbocycles. The Labute approximate surface area is 155 Å². The van der Waals surface area contributed by atoms with E-state index in [1.54, 1.807) is 0 Å². The van der Waals surface area contributed by atoms with Crippen molar-refractivity contribution in [3.05, 3.63) is 23.8 Å². The monoisotopic (exact) mass is 401 g/mol. The molecule has 2 aromatic rings. The number of hydrogen-bond donors (Lipinski definition) is 1. The van der Waals surface area contributed by atoms with Gasteiger partial charge in [0.2, 0.25) is 0 Å². The Bertz CT molecular complexity index is 676. The van der Waals surface area contributed by atoms with E-state index in [2.05, 4.69) is 29.0 Å². The molecule has 3 rings (SSSR count). The Morgan fingerprint density at radius 1 is 1.29 bits per heavy atom. The van der Waals surface area contributed by atoms with E-state index in [0.717, 1.165) is 30.8 Å². The van der Waals surface area contributed by atoms with Gasteiger partial charge >= 0.3 is 6.18 Å². The molecule has 2 heterocycles. The molecule has 136 valence electrons. The molecule has 24 heavy (non-hydrogen) atoms. The lowest BCUT2D eigenvalue weighted by Crippen LogP contribution is -2.53. The first-order valence-corrected chi connectivity index (χ1v) is 8.13. The fourth-order valence-corrected chi connectivity index (χ4v) is 3.86. The first-order valence-electron chi connectivity index (χ1n) is 7.31. The van der Waals surface area contributed by atoms with Crippen molar-refractivity contribution in [1.29, 1.82) is 0 Å². The second-order valence-corrected chi connectivity index (χ2v) is 6.89. The number of benzene rings is 1. The number of nitrogens with zero attached hydrogens (tertiary/aromatic N) is 2. The van der Waals surface area contributed by atoms with Crippen LogP contribution in [0.1, 0.15) is 19.4 Å². The van der Waals surface area contributed by atoms with Gasteiger partial charge in [-0.15, -0.1) is 24.8 Å². The summed E-state index contributed by atoms with van der Waals surface area (Å²) in [6, 6.07) is 4.08. The Morgan fingerprint density at radius 3 is 2.62 bits per heavy atom. The first-order chi connectivity index (χ1) is 10.4. The Kier molecular flexibility index (Phi) is 7.16. The smallest absolute Gasteiger partial charge is 0.342 e. The van der Waals surface area contributed by atoms with Gasteiger partial charge < -0.3 is 10.2 Å². The fourth-order valence-electron chi connectivity index (χ4n) is 2.77. The van der Waals surface area contributed by atoms with Gasteiger partial charge in [-0.1, -0.05) is 25.2 Å². The molecule has 9 heteroatoms. The summed E-state index contributed by atoms with van der Waals surface area (Å²) in [7, 11) is 0. The van der Waals surface area contributed by atoms with Crippen LogP contribution in [0.4, 0.5) is 18.3 Å². The zero-order chi connectivity index (χ0) is 15.9. The van der Waals surface area contributed by atoms with Crippen LogP contribution in [0.15, 0.2) is 18.2 Å². The van der Waals surface area contributed by atoms with Crippen molar-refractivity contribution in [1.82, 2.24) is 10.3 Å². The molecule has 0 bridgehead atoms. The number of alkyl halides is 3. The van der Waals surface area contributed by atoms with Crippen LogP contribution in [0.25, 0.3) is 10.2 Å². The molecular weight excluding hydrogens is 382 g/mol. The van der Waals surface area contributed by atoms with Crippen LogP contribution in [0, 0.1) is 5.92 Å². The summed E-state index contributed by atoms with van der Waals surface area (Å²) in [5.41, 5.74) is 0.0185. The van der Waals surface area contributed by atoms with E-state index < -0.39 is 11.7 Å². The maximum Gasteiger partial charge on any atom is 0.416 e. The molecule has 0 radical (unpaired) electrons. The molecule has 1 N–H and O–H groups in total. The van der Waals surface area contributed by atoms with Gasteiger partial charge in [-0.05, 0) is 24.1 Å². The van der Waals surface area contributed by atoms with Crippen LogP contribution in [0.3, 0.4) is 0 Å². The van der Waals surface area contributed by atoms with Gasteiger partial charge in [0.15, 0.2) is 5.13 Å². The zero-order valence-corrected chi connectivity index (χ0v) is 15.7. The van der Waals surface area contributed by atoms with Gasteiger partial charge in [0.25, 0.3) is 0 Å². The molecule has 0 saturated carbocycles. The summed E-state index contributed by atoms with van der Waals surface area (Å²) in [6.07, 6.45) is -4.31. The lowest BCUT2D eigenvalue weighted by Gasteiger charge is -2.38. The maximum absolute atomic E-state index is 12.8. The van der Waals surface area contributed by atoms with Gasteiger partial charge in [0.05, 0.1) is 15.8 Å². The molecule has 1 saturated heterocycles. The summed E-state index contributed by atoms with van der Waals surface area (Å²) in [6.45, 7) is 6.88. The predicted octanol–water partition coefficient (Wildman–Crippen LogP) is 4.59. The molecule has 1 aromatic carbocycles. The summed E-state index contributed by atoms with van der Waals surface area (Å²) >= 11 is 1.34. The van der Waals surface area contributed by atoms with Crippen LogP contribution in [0.5, 0.6) is 0 Å². The van der Waals surface area contributed by atoms with Gasteiger partial charge in [-0.3, -0.25) is 0 Å². The zero-order valence-electron chi connectivity index (χ0n) is 13.3. The average molecular weight is 402 g/mol. The van der Waals surface area contributed by atoms with Crippen LogP contribution >= 0.6 is 36.2 Å². The largest absolute Gasteiger partial charge is 0.416 e. The molecule has 0 spiro atoms. The number of aromatic nitrogens is 1. The van der Waals surface area contributed by atoms with Crippen LogP contribution in [-0.4, -0.2) is 30.7 Å². The van der Waals surface area contributed by atoms with Gasteiger partial charge in [-0.25, -0.2) is 4.98 Å². The molecule has 0 unspecified atom stereocenters. The highest BCUT2D eigenvalue weighted by Crippen LogP contribution is 2.36. The van der Waals surface area contributed by atoms with E-state index in [9.17, 15) is 13.2 Å². The number of nitrogens with one attached hydrogen (secondary N) is 1. The van der Waals surface area contributed by atoms with E-state index in [1.807, 2.05) is 0 Å². The van der Waals surface area contributed by atoms with E-state index in [-0.39, 0.29) is 24.8 Å². The molecule has 1 aromatic heterocycles. The molecule has 1 fully saturated rings. The number of halogens is 5. The molecule has 3 nitrogen and oxygen atoms in total. The minimum absolute atomic E-state index is 0. The minimum Gasteiger partial charge on any atom is -0.342 e. The Morgan fingerprint density at radius 2 is 2.00 bits per heavy atom. The Hall–Kier alpha value is -0.760. The highest BCUT2D eigenvalue weighted by Gasteiger charge is 2.31. The number of fused-ring (bicyclic) bond motifs is 1. The van der Waals surface area contributed by atoms with E-state index >= 15 is 0 Å². The highest BCUT2D eigenvalue weighted by atomic mass is 35.5. The topological polar surface area (TPSA) is 28.2 Å². The molecule has 1 aliphatic heterocycles. The number of piperazine rings is 1. The van der Waals surface area contributed by atoms with E-state index in [4.69, 9.17) is 0 Å². The molecule has 1 atom stereocenters. The van der Waals surface area contributed by atoms with Crippen molar-refractivity contribution >= 4 is 51.5 Å². The summed E-state index contributed by atoms with van der Waals surface area (Å²) in [5.74, 6) is 0.450. The maximum atomic E-state index is 12.8. The van der Waals surface area contributed by atoms with Crippen LogP contribution in [-0.2, 0) is 6.18 Å². The SMILES string of the molecule is CC(C)[C@@H]1CNCCN1c1nc2ccc(C(F)(F)F)cc2s1.Cl.Cl. The lowest BCUT2D eigenvalue weighted by atomic mass is 10.0. The molecule has 0 amide bonds. The van der Waals surface area contributed by atoms with E-state index in [1.165, 1.54) is 23.5 Å². The summed E-state index contributed by atoms with van der Waals surface area (Å²) < 4.78 is 39.0. The third-order valence-electron chi connectivity index (χ3n) is 4.00. The fraction of sp³-hybridized carbons (Fsp3) is 0.533. The second-order valence-electron chi connectivity index (χ2n) is 5.89. The highest BCUT2D eigenvalue weighted by molar-refractivity contribution is 7.22. The number of thiazole rings is 1. The average Bonchev–Trinajstić information content (AvgIpc) is 2.89. The third kappa shape index (κ3) is 4.25. The van der Waals surface area contributed by atoms with Crippen LogP contribution < -0.4 is 10.2 Å². The summed E-state index contributed by atoms with van der Waals surface area (Å²) in [5, 5.41) is 4.18. The van der Waals surface area contributed by atoms with Crippen molar-refractivity contribution in [3.63, 3.8) is 0 Å². The number of rotatable bonds is 2. The van der Waals surface area contributed by atoms with Crippen molar-refractivity contribution in [2.75, 3.05) is 24.5 Å². The molecule has 1 aliphatic rings. The summed E-state index contributed by atoms with van der Waals surface area (Å²) in [4.78, 5) is 6.76. The number of hydrogen-bond acceptors (Lipinski definition) is 4. The predicted molar refractivity (Wildman–Crippen MR) is 98.0 cm³/mol. The third-order valence-corrected chi connectivity index (χ3v) is 5.06. The minimum atomic E-state index is -4.31. The molecular formula is C15H20Cl2F3N3S. The van der Waals surface area contributed by atoms with E-state index in [0.29, 0.717) is 22.2 Å². The lowest BCUT2D eigenvalue weighted by molar-refractivity contribution is -0.137. The van der Waals surface area contributed by atoms with Gasteiger partial charge in [-0.2, -0.15) is 13.2 Å². The van der Waals surface area contributed by atoms with Gasteiger partial charge in [0.1, 0.15) is 0 Å². The van der Waals surface area contributed by atoms with Gasteiger partial charge in [0, 0.05) is 25.7 Å².